The summed E-state index contributed by atoms with van der Waals surface area (Å²) >= 11 is 0. The van der Waals surface area contributed by atoms with Crippen LogP contribution in [0, 0.1) is 0 Å². The van der Waals surface area contributed by atoms with E-state index in [9.17, 15) is 9.59 Å². The molecule has 1 fully saturated rings. The predicted molar refractivity (Wildman–Crippen MR) is 63.4 cm³/mol. The van der Waals surface area contributed by atoms with E-state index in [1.165, 1.54) is 0 Å². The van der Waals surface area contributed by atoms with Crippen molar-refractivity contribution in [2.45, 2.75) is 38.8 Å². The normalized spacial score (nSPS) is 20.2. The van der Waals surface area contributed by atoms with Gasteiger partial charge in [0, 0.05) is 19.1 Å². The van der Waals surface area contributed by atoms with Crippen molar-refractivity contribution >= 4 is 12.0 Å². The summed E-state index contributed by atoms with van der Waals surface area (Å²) < 4.78 is 5.25. The van der Waals surface area contributed by atoms with Crippen molar-refractivity contribution in [3.63, 3.8) is 0 Å². The van der Waals surface area contributed by atoms with E-state index in [4.69, 9.17) is 10.5 Å². The van der Waals surface area contributed by atoms with Crippen molar-refractivity contribution in [2.24, 2.45) is 5.73 Å². The Kier molecular flexibility index (Phi) is 4.34. The van der Waals surface area contributed by atoms with Gasteiger partial charge in [-0.25, -0.2) is 4.79 Å². The van der Waals surface area contributed by atoms with Gasteiger partial charge in [0.25, 0.3) is 0 Å². The van der Waals surface area contributed by atoms with Crippen LogP contribution in [0.25, 0.3) is 0 Å². The number of carbonyl (C=O) groups excluding carboxylic acids is 2. The molecule has 1 saturated heterocycles. The lowest BCUT2D eigenvalue weighted by Crippen LogP contribution is -2.42. The standard InChI is InChI=1S/C11H21N3O3/c1-11(2,3)17-10(16)14-5-4-8(7-14)13-9(15)6-12/h8H,4-7,12H2,1-3H3,(H,13,15)/t8-/m0/s1. The number of nitrogens with one attached hydrogen (secondary N) is 1. The molecule has 3 N–H and O–H groups in total. The van der Waals surface area contributed by atoms with Crippen LogP contribution in [-0.2, 0) is 9.53 Å². The molecule has 1 atom stereocenters. The highest BCUT2D eigenvalue weighted by molar-refractivity contribution is 5.78. The van der Waals surface area contributed by atoms with Crippen LogP contribution >= 0.6 is 0 Å². The molecule has 0 saturated carbocycles. The van der Waals surface area contributed by atoms with Crippen molar-refractivity contribution in [3.05, 3.63) is 0 Å². The molecule has 0 radical (unpaired) electrons. The van der Waals surface area contributed by atoms with Crippen molar-refractivity contribution < 1.29 is 14.3 Å². The smallest absolute Gasteiger partial charge is 0.410 e. The highest BCUT2D eigenvalue weighted by Crippen LogP contribution is 2.15. The molecule has 0 spiro atoms. The molecular formula is C11H21N3O3. The molecule has 1 aliphatic rings. The summed E-state index contributed by atoms with van der Waals surface area (Å²) in [7, 11) is 0. The number of nitrogens with zero attached hydrogens (tertiary/aromatic N) is 1. The molecule has 6 nitrogen and oxygen atoms in total. The maximum absolute atomic E-state index is 11.7. The summed E-state index contributed by atoms with van der Waals surface area (Å²) in [6, 6.07) is -0.0152. The molecular weight excluding hydrogens is 222 g/mol. The van der Waals surface area contributed by atoms with Crippen LogP contribution in [0.3, 0.4) is 0 Å². The van der Waals surface area contributed by atoms with Crippen LogP contribution in [0.4, 0.5) is 4.79 Å². The Balaban J connectivity index is 2.39. The first kappa shape index (κ1) is 13.8. The van der Waals surface area contributed by atoms with Gasteiger partial charge in [-0.2, -0.15) is 0 Å². The van der Waals surface area contributed by atoms with E-state index in [1.807, 2.05) is 20.8 Å². The Labute approximate surface area is 101 Å². The Morgan fingerprint density at radius 1 is 1.47 bits per heavy atom. The number of hydrogen-bond donors (Lipinski definition) is 2. The number of nitrogens with two attached hydrogens (primary N) is 1. The number of rotatable bonds is 2. The number of ether oxygens (including phenoxy) is 1. The third-order valence-corrected chi connectivity index (χ3v) is 2.39. The fraction of sp³-hybridized carbons (Fsp3) is 0.818. The van der Waals surface area contributed by atoms with Gasteiger partial charge in [0.1, 0.15) is 5.60 Å². The van der Waals surface area contributed by atoms with Crippen molar-refractivity contribution in [3.8, 4) is 0 Å². The lowest BCUT2D eigenvalue weighted by atomic mass is 10.2. The third kappa shape index (κ3) is 4.60. The van der Waals surface area contributed by atoms with Gasteiger partial charge in [0.05, 0.1) is 6.54 Å². The second kappa shape index (κ2) is 5.35. The van der Waals surface area contributed by atoms with E-state index in [0.29, 0.717) is 13.1 Å². The van der Waals surface area contributed by atoms with E-state index < -0.39 is 5.60 Å². The summed E-state index contributed by atoms with van der Waals surface area (Å²) in [5.41, 5.74) is 4.72. The minimum atomic E-state index is -0.490. The molecule has 0 aromatic carbocycles. The first-order valence-corrected chi connectivity index (χ1v) is 5.79. The second-order valence-corrected chi connectivity index (χ2v) is 5.18. The van der Waals surface area contributed by atoms with Gasteiger partial charge >= 0.3 is 6.09 Å². The SMILES string of the molecule is CC(C)(C)OC(=O)N1CC[C@H](NC(=O)CN)C1. The molecule has 0 aromatic rings. The minimum absolute atomic E-state index is 0.0152. The topological polar surface area (TPSA) is 84.7 Å². The van der Waals surface area contributed by atoms with Gasteiger partial charge in [-0.05, 0) is 27.2 Å². The van der Waals surface area contributed by atoms with Gasteiger partial charge in [0.15, 0.2) is 0 Å². The van der Waals surface area contributed by atoms with E-state index >= 15 is 0 Å². The lowest BCUT2D eigenvalue weighted by molar-refractivity contribution is -0.120. The van der Waals surface area contributed by atoms with Crippen LogP contribution in [0.1, 0.15) is 27.2 Å². The zero-order valence-electron chi connectivity index (χ0n) is 10.7. The van der Waals surface area contributed by atoms with Crippen LogP contribution in [0.2, 0.25) is 0 Å². The average molecular weight is 243 g/mol. The maximum Gasteiger partial charge on any atom is 0.410 e. The van der Waals surface area contributed by atoms with Gasteiger partial charge in [-0.1, -0.05) is 0 Å². The van der Waals surface area contributed by atoms with Gasteiger partial charge in [0.2, 0.25) is 5.91 Å². The predicted octanol–water partition coefficient (Wildman–Crippen LogP) is 0.0707. The molecule has 0 bridgehead atoms. The van der Waals surface area contributed by atoms with Crippen molar-refractivity contribution in [1.82, 2.24) is 10.2 Å². The number of likely N-dealkylation sites (tertiary alicyclic amines) is 1. The molecule has 2 amide bonds. The Morgan fingerprint density at radius 2 is 2.12 bits per heavy atom. The first-order valence-electron chi connectivity index (χ1n) is 5.79. The zero-order valence-corrected chi connectivity index (χ0v) is 10.7. The Bertz CT molecular complexity index is 299. The number of hydrogen-bond acceptors (Lipinski definition) is 4. The van der Waals surface area contributed by atoms with E-state index in [-0.39, 0.29) is 24.6 Å². The van der Waals surface area contributed by atoms with E-state index in [2.05, 4.69) is 5.32 Å². The molecule has 0 unspecified atom stereocenters. The largest absolute Gasteiger partial charge is 0.444 e. The Morgan fingerprint density at radius 3 is 2.65 bits per heavy atom. The van der Waals surface area contributed by atoms with Gasteiger partial charge in [-0.15, -0.1) is 0 Å². The zero-order chi connectivity index (χ0) is 13.1. The fourth-order valence-electron chi connectivity index (χ4n) is 1.66. The highest BCUT2D eigenvalue weighted by atomic mass is 16.6. The van der Waals surface area contributed by atoms with Crippen LogP contribution < -0.4 is 11.1 Å². The first-order chi connectivity index (χ1) is 7.81. The maximum atomic E-state index is 11.7. The van der Waals surface area contributed by atoms with Crippen LogP contribution in [0.15, 0.2) is 0 Å². The van der Waals surface area contributed by atoms with Crippen LogP contribution in [0.5, 0.6) is 0 Å². The quantitative estimate of drug-likeness (QED) is 0.719. The summed E-state index contributed by atoms with van der Waals surface area (Å²) in [4.78, 5) is 24.4. The fourth-order valence-corrected chi connectivity index (χ4v) is 1.66. The van der Waals surface area contributed by atoms with E-state index in [0.717, 1.165) is 6.42 Å². The summed E-state index contributed by atoms with van der Waals surface area (Å²) in [5, 5.41) is 2.76. The summed E-state index contributed by atoms with van der Waals surface area (Å²) in [5.74, 6) is -0.193. The minimum Gasteiger partial charge on any atom is -0.444 e. The lowest BCUT2D eigenvalue weighted by Gasteiger charge is -2.24. The van der Waals surface area contributed by atoms with Gasteiger partial charge in [-0.3, -0.25) is 4.79 Å². The van der Waals surface area contributed by atoms with Crippen molar-refractivity contribution in [1.29, 1.82) is 0 Å². The van der Waals surface area contributed by atoms with Gasteiger partial charge < -0.3 is 20.7 Å². The van der Waals surface area contributed by atoms with Crippen molar-refractivity contribution in [2.75, 3.05) is 19.6 Å². The third-order valence-electron chi connectivity index (χ3n) is 2.39. The Hall–Kier alpha value is -1.30. The van der Waals surface area contributed by atoms with Crippen LogP contribution in [-0.4, -0.2) is 48.2 Å². The number of amides is 2. The summed E-state index contributed by atoms with van der Waals surface area (Å²) in [6.07, 6.45) is 0.410. The molecule has 17 heavy (non-hydrogen) atoms. The molecule has 1 rings (SSSR count). The molecule has 98 valence electrons. The molecule has 1 aliphatic heterocycles. The molecule has 1 heterocycles. The molecule has 0 aromatic heterocycles. The van der Waals surface area contributed by atoms with E-state index in [1.54, 1.807) is 4.90 Å². The summed E-state index contributed by atoms with van der Waals surface area (Å²) in [6.45, 7) is 6.55. The average Bonchev–Trinajstić information content (AvgIpc) is 2.63. The number of carbonyl (C=O) groups is 2. The highest BCUT2D eigenvalue weighted by Gasteiger charge is 2.30. The molecule has 0 aliphatic carbocycles. The molecule has 6 heteroatoms. The monoisotopic (exact) mass is 243 g/mol. The second-order valence-electron chi connectivity index (χ2n) is 5.18.